The maximum Gasteiger partial charge on any atom is 0.308 e. The van der Waals surface area contributed by atoms with Crippen LogP contribution in [0.15, 0.2) is 0 Å². The molecule has 0 aromatic rings. The van der Waals surface area contributed by atoms with E-state index in [0.29, 0.717) is 6.42 Å². The molecule has 0 heterocycles. The molecule has 0 saturated carbocycles. The molecule has 0 aliphatic rings. The topological polar surface area (TPSA) is 89.9 Å². The van der Waals surface area contributed by atoms with E-state index in [9.17, 15) is 14.4 Å². The zero-order chi connectivity index (χ0) is 28.2. The average molecular weight is 529 g/mol. The van der Waals surface area contributed by atoms with Crippen molar-refractivity contribution in [2.45, 2.75) is 157 Å². The minimum absolute atomic E-state index is 0.0918. The van der Waals surface area contributed by atoms with Gasteiger partial charge in [0.25, 0.3) is 0 Å². The third kappa shape index (κ3) is 28.8. The van der Waals surface area contributed by atoms with Crippen molar-refractivity contribution >= 4 is 17.9 Å². The quantitative estimate of drug-likeness (QED) is 0.0993. The summed E-state index contributed by atoms with van der Waals surface area (Å²) in [4.78, 5) is 33.1. The van der Waals surface area contributed by atoms with Gasteiger partial charge in [-0.05, 0) is 19.3 Å². The molecule has 0 radical (unpaired) electrons. The van der Waals surface area contributed by atoms with Crippen molar-refractivity contribution in [2.75, 3.05) is 13.2 Å². The normalized spacial score (nSPS) is 12.2. The molecular formula is C31H60O6. The van der Waals surface area contributed by atoms with Crippen molar-refractivity contribution in [3.05, 3.63) is 0 Å². The maximum atomic E-state index is 11.7. The molecule has 1 N–H and O–H groups in total. The summed E-state index contributed by atoms with van der Waals surface area (Å²) in [5.74, 6) is -1.38. The zero-order valence-electron chi connectivity index (χ0n) is 25.0. The summed E-state index contributed by atoms with van der Waals surface area (Å²) in [5.41, 5.74) is 0. The Kier molecular flexibility index (Phi) is 29.4. The standard InChI is InChI=1S/C26H50O4.C5H10O2/c1-4-6-7-8-9-10-11-12-13-14-15-16-17-18-19-20-21-25(27)29-22-23-30-26(28)24(3)5-2;1-3-4(2)5(6)7/h24H,4-23H2,1-3H3;4H,3H2,1-2H3,(H,6,7). The molecule has 0 aromatic heterocycles. The van der Waals surface area contributed by atoms with Gasteiger partial charge >= 0.3 is 17.9 Å². The van der Waals surface area contributed by atoms with Crippen LogP contribution in [0.4, 0.5) is 0 Å². The molecule has 220 valence electrons. The van der Waals surface area contributed by atoms with Crippen molar-refractivity contribution in [2.24, 2.45) is 11.8 Å². The summed E-state index contributed by atoms with van der Waals surface area (Å²) in [6.07, 6.45) is 23.2. The summed E-state index contributed by atoms with van der Waals surface area (Å²) in [6.45, 7) is 9.94. The van der Waals surface area contributed by atoms with E-state index in [-0.39, 0.29) is 37.0 Å². The summed E-state index contributed by atoms with van der Waals surface area (Å²) >= 11 is 0. The summed E-state index contributed by atoms with van der Waals surface area (Å²) in [5, 5.41) is 8.18. The number of aliphatic carboxylic acids is 1. The van der Waals surface area contributed by atoms with Crippen LogP contribution in [0, 0.1) is 11.8 Å². The molecular weight excluding hydrogens is 468 g/mol. The lowest BCUT2D eigenvalue weighted by molar-refractivity contribution is -0.154. The van der Waals surface area contributed by atoms with Crippen LogP contribution in [0.25, 0.3) is 0 Å². The van der Waals surface area contributed by atoms with Crippen LogP contribution in [0.2, 0.25) is 0 Å². The smallest absolute Gasteiger partial charge is 0.308 e. The summed E-state index contributed by atoms with van der Waals surface area (Å²) < 4.78 is 10.2. The van der Waals surface area contributed by atoms with Gasteiger partial charge in [0.2, 0.25) is 0 Å². The largest absolute Gasteiger partial charge is 0.481 e. The second-order valence-corrected chi connectivity index (χ2v) is 10.4. The lowest BCUT2D eigenvalue weighted by Gasteiger charge is -2.09. The van der Waals surface area contributed by atoms with Crippen molar-refractivity contribution in [3.8, 4) is 0 Å². The molecule has 0 spiro atoms. The monoisotopic (exact) mass is 528 g/mol. The van der Waals surface area contributed by atoms with Gasteiger partial charge in [0, 0.05) is 6.42 Å². The number of esters is 2. The van der Waals surface area contributed by atoms with Crippen molar-refractivity contribution < 1.29 is 29.0 Å². The second-order valence-electron chi connectivity index (χ2n) is 10.4. The minimum atomic E-state index is -0.706. The van der Waals surface area contributed by atoms with E-state index < -0.39 is 5.97 Å². The molecule has 2 atom stereocenters. The van der Waals surface area contributed by atoms with E-state index in [1.807, 2.05) is 20.8 Å². The Hall–Kier alpha value is -1.59. The molecule has 0 saturated heterocycles. The summed E-state index contributed by atoms with van der Waals surface area (Å²) in [6, 6.07) is 0. The summed E-state index contributed by atoms with van der Waals surface area (Å²) in [7, 11) is 0. The first-order chi connectivity index (χ1) is 17.8. The van der Waals surface area contributed by atoms with E-state index in [2.05, 4.69) is 6.92 Å². The molecule has 2 unspecified atom stereocenters. The van der Waals surface area contributed by atoms with Gasteiger partial charge in [-0.1, -0.05) is 131 Å². The molecule has 0 aliphatic heterocycles. The van der Waals surface area contributed by atoms with Crippen LogP contribution in [0.3, 0.4) is 0 Å². The SMILES string of the molecule is CCC(C)C(=O)O.CCCCCCCCCCCCCCCCCCC(=O)OCCOC(=O)C(C)CC. The molecule has 0 aromatic carbocycles. The predicted octanol–water partition coefficient (Wildman–Crippen LogP) is 8.89. The lowest BCUT2D eigenvalue weighted by atomic mass is 10.0. The first kappa shape index (κ1) is 37.6. The third-order valence-corrected chi connectivity index (χ3v) is 6.87. The van der Waals surface area contributed by atoms with Crippen molar-refractivity contribution in [1.29, 1.82) is 0 Å². The first-order valence-electron chi connectivity index (χ1n) is 15.3. The van der Waals surface area contributed by atoms with Crippen LogP contribution in [-0.4, -0.2) is 36.2 Å². The minimum Gasteiger partial charge on any atom is -0.481 e. The number of unbranched alkanes of at least 4 members (excludes halogenated alkanes) is 15. The number of carbonyl (C=O) groups is 3. The molecule has 0 bridgehead atoms. The van der Waals surface area contributed by atoms with E-state index in [4.69, 9.17) is 14.6 Å². The van der Waals surface area contributed by atoms with Crippen molar-refractivity contribution in [3.63, 3.8) is 0 Å². The number of rotatable bonds is 24. The van der Waals surface area contributed by atoms with Crippen LogP contribution in [0.5, 0.6) is 0 Å². The van der Waals surface area contributed by atoms with Gasteiger partial charge in [-0.2, -0.15) is 0 Å². The zero-order valence-corrected chi connectivity index (χ0v) is 25.0. The first-order valence-corrected chi connectivity index (χ1v) is 15.3. The lowest BCUT2D eigenvalue weighted by Crippen LogP contribution is -2.18. The van der Waals surface area contributed by atoms with Gasteiger partial charge in [-0.15, -0.1) is 0 Å². The fourth-order valence-corrected chi connectivity index (χ4v) is 3.67. The van der Waals surface area contributed by atoms with E-state index >= 15 is 0 Å². The fraction of sp³-hybridized carbons (Fsp3) is 0.903. The molecule has 0 aliphatic carbocycles. The third-order valence-electron chi connectivity index (χ3n) is 6.87. The van der Waals surface area contributed by atoms with Crippen LogP contribution in [0.1, 0.15) is 157 Å². The predicted molar refractivity (Wildman–Crippen MR) is 153 cm³/mol. The van der Waals surface area contributed by atoms with Crippen molar-refractivity contribution in [1.82, 2.24) is 0 Å². The number of carbonyl (C=O) groups excluding carboxylic acids is 2. The molecule has 0 rings (SSSR count). The molecule has 6 nitrogen and oxygen atoms in total. The fourth-order valence-electron chi connectivity index (χ4n) is 3.67. The molecule has 37 heavy (non-hydrogen) atoms. The van der Waals surface area contributed by atoms with Crippen LogP contribution in [-0.2, 0) is 23.9 Å². The van der Waals surface area contributed by atoms with Gasteiger partial charge in [0.1, 0.15) is 13.2 Å². The van der Waals surface area contributed by atoms with Gasteiger partial charge in [-0.25, -0.2) is 0 Å². The highest BCUT2D eigenvalue weighted by atomic mass is 16.6. The number of carboxylic acid groups (broad SMARTS) is 1. The highest BCUT2D eigenvalue weighted by molar-refractivity contribution is 5.72. The van der Waals surface area contributed by atoms with E-state index in [1.165, 1.54) is 89.9 Å². The second kappa shape index (κ2) is 29.0. The van der Waals surface area contributed by atoms with Gasteiger partial charge in [0.15, 0.2) is 0 Å². The number of hydrogen-bond acceptors (Lipinski definition) is 5. The number of ether oxygens (including phenoxy) is 2. The molecule has 0 fully saturated rings. The van der Waals surface area contributed by atoms with Crippen LogP contribution >= 0.6 is 0 Å². The maximum absolute atomic E-state index is 11.7. The number of hydrogen-bond donors (Lipinski definition) is 1. The highest BCUT2D eigenvalue weighted by Crippen LogP contribution is 2.14. The molecule has 6 heteroatoms. The van der Waals surface area contributed by atoms with Gasteiger partial charge in [0.05, 0.1) is 11.8 Å². The number of carboxylic acids is 1. The van der Waals surface area contributed by atoms with Gasteiger partial charge < -0.3 is 14.6 Å². The van der Waals surface area contributed by atoms with E-state index in [0.717, 1.165) is 25.7 Å². The Morgan fingerprint density at radius 1 is 0.568 bits per heavy atom. The highest BCUT2D eigenvalue weighted by Gasteiger charge is 2.12. The Morgan fingerprint density at radius 2 is 0.946 bits per heavy atom. The average Bonchev–Trinajstić information content (AvgIpc) is 2.89. The Balaban J connectivity index is 0. The Morgan fingerprint density at radius 3 is 1.30 bits per heavy atom. The molecule has 0 amide bonds. The Bertz CT molecular complexity index is 534. The Labute approximate surface area is 228 Å². The van der Waals surface area contributed by atoms with Gasteiger partial charge in [-0.3, -0.25) is 14.4 Å². The van der Waals surface area contributed by atoms with Crippen LogP contribution < -0.4 is 0 Å². The van der Waals surface area contributed by atoms with E-state index in [1.54, 1.807) is 6.92 Å².